The van der Waals surface area contributed by atoms with Crippen LogP contribution in [0.5, 0.6) is 11.5 Å². The molecule has 0 amide bonds. The van der Waals surface area contributed by atoms with Crippen molar-refractivity contribution in [2.75, 3.05) is 0 Å². The minimum Gasteiger partial charge on any atom is -0.507 e. The Morgan fingerprint density at radius 1 is 1.13 bits per heavy atom. The molecule has 1 aliphatic carbocycles. The van der Waals surface area contributed by atoms with Gasteiger partial charge < -0.3 is 20.7 Å². The van der Waals surface area contributed by atoms with E-state index in [4.69, 9.17) is 10.5 Å². The maximum absolute atomic E-state index is 10.1. The Bertz CT molecular complexity index is 631. The number of ether oxygens (including phenoxy) is 1. The minimum atomic E-state index is -0.595. The number of phenolic OH excluding ortho intramolecular Hbond substituents is 1. The van der Waals surface area contributed by atoms with Crippen LogP contribution in [0, 0.1) is 5.92 Å². The van der Waals surface area contributed by atoms with E-state index < -0.39 is 12.1 Å². The van der Waals surface area contributed by atoms with E-state index in [1.807, 2.05) is 30.3 Å². The molecule has 124 valence electrons. The molecule has 2 atom stereocenters. The van der Waals surface area contributed by atoms with Crippen LogP contribution in [0.15, 0.2) is 48.5 Å². The molecule has 4 nitrogen and oxygen atoms in total. The SMILES string of the molecule is Cl.N[C@H](c1ccc(OCc2ccccc2)cc1O)[C@@H](O)C1CC1. The summed E-state index contributed by atoms with van der Waals surface area (Å²) in [6.07, 6.45) is 1.42. The van der Waals surface area contributed by atoms with Gasteiger partial charge in [-0.15, -0.1) is 12.4 Å². The first kappa shape index (κ1) is 17.6. The number of benzene rings is 2. The molecule has 0 aliphatic heterocycles. The maximum Gasteiger partial charge on any atom is 0.124 e. The Balaban J connectivity index is 0.00000192. The first-order chi connectivity index (χ1) is 10.6. The number of halogens is 1. The fraction of sp³-hybridized carbons (Fsp3) is 0.333. The summed E-state index contributed by atoms with van der Waals surface area (Å²) in [6.45, 7) is 0.441. The average Bonchev–Trinajstić information content (AvgIpc) is 3.37. The van der Waals surface area contributed by atoms with Gasteiger partial charge >= 0.3 is 0 Å². The molecule has 5 heteroatoms. The lowest BCUT2D eigenvalue weighted by Gasteiger charge is -2.20. The molecule has 1 saturated carbocycles. The van der Waals surface area contributed by atoms with E-state index in [9.17, 15) is 10.2 Å². The van der Waals surface area contributed by atoms with Crippen molar-refractivity contribution in [3.8, 4) is 11.5 Å². The smallest absolute Gasteiger partial charge is 0.124 e. The first-order valence-electron chi connectivity index (χ1n) is 7.58. The van der Waals surface area contributed by atoms with E-state index in [-0.39, 0.29) is 24.1 Å². The maximum atomic E-state index is 10.1. The molecular weight excluding hydrogens is 314 g/mol. The van der Waals surface area contributed by atoms with Crippen LogP contribution in [0.2, 0.25) is 0 Å². The summed E-state index contributed by atoms with van der Waals surface area (Å²) in [7, 11) is 0. The molecule has 1 fully saturated rings. The van der Waals surface area contributed by atoms with Gasteiger partial charge in [-0.1, -0.05) is 30.3 Å². The van der Waals surface area contributed by atoms with Gasteiger partial charge in [0, 0.05) is 11.6 Å². The van der Waals surface area contributed by atoms with Crippen LogP contribution in [0.1, 0.15) is 30.0 Å². The Morgan fingerprint density at radius 2 is 1.83 bits per heavy atom. The summed E-state index contributed by atoms with van der Waals surface area (Å²) in [5.74, 6) is 0.916. The number of hydrogen-bond donors (Lipinski definition) is 3. The van der Waals surface area contributed by atoms with Gasteiger partial charge in [-0.05, 0) is 36.5 Å². The van der Waals surface area contributed by atoms with Gasteiger partial charge in [-0.3, -0.25) is 0 Å². The third-order valence-corrected chi connectivity index (χ3v) is 4.08. The molecule has 23 heavy (non-hydrogen) atoms. The molecule has 4 N–H and O–H groups in total. The first-order valence-corrected chi connectivity index (χ1v) is 7.58. The highest BCUT2D eigenvalue weighted by molar-refractivity contribution is 5.85. The van der Waals surface area contributed by atoms with Crippen molar-refractivity contribution in [1.29, 1.82) is 0 Å². The lowest BCUT2D eigenvalue weighted by Crippen LogP contribution is -2.27. The quantitative estimate of drug-likeness (QED) is 0.758. The summed E-state index contributed by atoms with van der Waals surface area (Å²) in [5.41, 5.74) is 7.67. The molecule has 3 rings (SSSR count). The molecule has 0 radical (unpaired) electrons. The Hall–Kier alpha value is -1.75. The van der Waals surface area contributed by atoms with E-state index in [0.29, 0.717) is 17.9 Å². The van der Waals surface area contributed by atoms with Crippen LogP contribution in [0.25, 0.3) is 0 Å². The topological polar surface area (TPSA) is 75.7 Å². The van der Waals surface area contributed by atoms with E-state index in [1.54, 1.807) is 18.2 Å². The van der Waals surface area contributed by atoms with Gasteiger partial charge in [0.1, 0.15) is 18.1 Å². The summed E-state index contributed by atoms with van der Waals surface area (Å²) in [5, 5.41) is 20.2. The molecule has 0 spiro atoms. The van der Waals surface area contributed by atoms with Crippen molar-refractivity contribution in [2.45, 2.75) is 31.6 Å². The van der Waals surface area contributed by atoms with Gasteiger partial charge in [-0.2, -0.15) is 0 Å². The van der Waals surface area contributed by atoms with E-state index in [1.165, 1.54) is 0 Å². The second-order valence-electron chi connectivity index (χ2n) is 5.85. The van der Waals surface area contributed by atoms with Crippen LogP contribution in [-0.2, 0) is 6.61 Å². The third-order valence-electron chi connectivity index (χ3n) is 4.08. The van der Waals surface area contributed by atoms with Gasteiger partial charge in [0.15, 0.2) is 0 Å². The monoisotopic (exact) mass is 335 g/mol. The fourth-order valence-corrected chi connectivity index (χ4v) is 2.55. The van der Waals surface area contributed by atoms with Crippen LogP contribution in [0.4, 0.5) is 0 Å². The van der Waals surface area contributed by atoms with Crippen LogP contribution >= 0.6 is 12.4 Å². The zero-order valence-corrected chi connectivity index (χ0v) is 13.6. The summed E-state index contributed by atoms with van der Waals surface area (Å²) in [4.78, 5) is 0. The number of rotatable bonds is 6. The predicted molar refractivity (Wildman–Crippen MR) is 91.8 cm³/mol. The normalized spacial score (nSPS) is 16.3. The van der Waals surface area contributed by atoms with Gasteiger partial charge in [0.05, 0.1) is 12.1 Å². The van der Waals surface area contributed by atoms with Crippen molar-refractivity contribution < 1.29 is 14.9 Å². The number of aromatic hydroxyl groups is 1. The highest BCUT2D eigenvalue weighted by Crippen LogP contribution is 2.39. The highest BCUT2D eigenvalue weighted by Gasteiger charge is 2.35. The zero-order valence-electron chi connectivity index (χ0n) is 12.8. The van der Waals surface area contributed by atoms with Crippen LogP contribution in [0.3, 0.4) is 0 Å². The zero-order chi connectivity index (χ0) is 15.5. The molecular formula is C18H22ClNO3. The van der Waals surface area contributed by atoms with Crippen molar-refractivity contribution in [1.82, 2.24) is 0 Å². The fourth-order valence-electron chi connectivity index (χ4n) is 2.55. The Kier molecular flexibility index (Phi) is 5.88. The standard InChI is InChI=1S/C18H21NO3.ClH/c19-17(18(21)13-6-7-13)15-9-8-14(10-16(15)20)22-11-12-4-2-1-3-5-12;/h1-5,8-10,13,17-18,20-21H,6-7,11,19H2;1H/t17-,18+;/m1./s1. The molecule has 0 unspecified atom stereocenters. The second kappa shape index (κ2) is 7.68. The van der Waals surface area contributed by atoms with Crippen molar-refractivity contribution in [2.24, 2.45) is 11.7 Å². The summed E-state index contributed by atoms with van der Waals surface area (Å²) < 4.78 is 5.66. The van der Waals surface area contributed by atoms with Gasteiger partial charge in [0.25, 0.3) is 0 Å². The summed E-state index contributed by atoms with van der Waals surface area (Å²) >= 11 is 0. The lowest BCUT2D eigenvalue weighted by molar-refractivity contribution is 0.121. The number of hydrogen-bond acceptors (Lipinski definition) is 4. The summed E-state index contributed by atoms with van der Waals surface area (Å²) in [6, 6.07) is 14.3. The highest BCUT2D eigenvalue weighted by atomic mass is 35.5. The molecule has 2 aromatic rings. The Morgan fingerprint density at radius 3 is 2.43 bits per heavy atom. The number of aliphatic hydroxyl groups excluding tert-OH is 1. The second-order valence-corrected chi connectivity index (χ2v) is 5.85. The lowest BCUT2D eigenvalue weighted by atomic mass is 9.98. The van der Waals surface area contributed by atoms with E-state index in [2.05, 4.69) is 0 Å². The van der Waals surface area contributed by atoms with Crippen LogP contribution < -0.4 is 10.5 Å². The van der Waals surface area contributed by atoms with Crippen LogP contribution in [-0.4, -0.2) is 16.3 Å². The molecule has 0 aromatic heterocycles. The number of aliphatic hydroxyl groups is 1. The van der Waals surface area contributed by atoms with E-state index >= 15 is 0 Å². The largest absolute Gasteiger partial charge is 0.507 e. The molecule has 0 bridgehead atoms. The molecule has 0 heterocycles. The molecule has 0 saturated heterocycles. The van der Waals surface area contributed by atoms with E-state index in [0.717, 1.165) is 18.4 Å². The molecule has 2 aromatic carbocycles. The van der Waals surface area contributed by atoms with Crippen molar-refractivity contribution >= 4 is 12.4 Å². The number of nitrogens with two attached hydrogens (primary N) is 1. The Labute approximate surface area is 142 Å². The third kappa shape index (κ3) is 4.38. The van der Waals surface area contributed by atoms with Crippen molar-refractivity contribution in [3.63, 3.8) is 0 Å². The van der Waals surface area contributed by atoms with Crippen molar-refractivity contribution in [3.05, 3.63) is 59.7 Å². The van der Waals surface area contributed by atoms with Gasteiger partial charge in [0.2, 0.25) is 0 Å². The molecule has 1 aliphatic rings. The average molecular weight is 336 g/mol. The minimum absolute atomic E-state index is 0. The predicted octanol–water partition coefficient (Wildman–Crippen LogP) is 3.16. The number of phenols is 1. The van der Waals surface area contributed by atoms with Gasteiger partial charge in [-0.25, -0.2) is 0 Å².